The maximum absolute atomic E-state index is 5.36. The van der Waals surface area contributed by atoms with E-state index in [1.54, 1.807) is 7.11 Å². The molecule has 1 aliphatic heterocycles. The van der Waals surface area contributed by atoms with Crippen molar-refractivity contribution in [2.75, 3.05) is 13.8 Å². The molecule has 1 aliphatic rings. The zero-order chi connectivity index (χ0) is 9.80. The second-order valence-electron chi connectivity index (χ2n) is 2.95. The highest BCUT2D eigenvalue weighted by Gasteiger charge is 2.21. The van der Waals surface area contributed by atoms with Gasteiger partial charge in [-0.2, -0.15) is 5.11 Å². The van der Waals surface area contributed by atoms with Crippen molar-refractivity contribution in [3.05, 3.63) is 35.9 Å². The SMILES string of the molecule is COC(c1ccccc1)N1CN=NN1. The summed E-state index contributed by atoms with van der Waals surface area (Å²) in [6.45, 7) is 0.507. The minimum Gasteiger partial charge on any atom is -0.360 e. The Hall–Kier alpha value is -1.46. The number of ether oxygens (including phenoxy) is 1. The predicted octanol–water partition coefficient (Wildman–Crippen LogP) is 1.48. The molecule has 0 fully saturated rings. The van der Waals surface area contributed by atoms with Crippen molar-refractivity contribution in [2.45, 2.75) is 6.23 Å². The minimum atomic E-state index is -0.147. The average Bonchev–Trinajstić information content (AvgIpc) is 2.74. The summed E-state index contributed by atoms with van der Waals surface area (Å²) in [6, 6.07) is 9.95. The number of hydrazine groups is 1. The lowest BCUT2D eigenvalue weighted by atomic mass is 10.2. The second kappa shape index (κ2) is 4.17. The number of benzene rings is 1. The van der Waals surface area contributed by atoms with Gasteiger partial charge >= 0.3 is 0 Å². The fraction of sp³-hybridized carbons (Fsp3) is 0.333. The standard InChI is InChI=1S/C9H12N4O/c1-14-9(13-7-10-11-12-13)8-5-3-2-4-6-8/h2-6,9H,7H2,1H3,(H,10,12). The molecule has 1 heterocycles. The van der Waals surface area contributed by atoms with Crippen LogP contribution in [-0.4, -0.2) is 18.8 Å². The monoisotopic (exact) mass is 192 g/mol. The third-order valence-corrected chi connectivity index (χ3v) is 2.05. The summed E-state index contributed by atoms with van der Waals surface area (Å²) >= 11 is 0. The number of rotatable bonds is 3. The van der Waals surface area contributed by atoms with Gasteiger partial charge in [0.2, 0.25) is 0 Å². The smallest absolute Gasteiger partial charge is 0.156 e. The van der Waals surface area contributed by atoms with E-state index in [-0.39, 0.29) is 6.23 Å². The van der Waals surface area contributed by atoms with Gasteiger partial charge in [-0.3, -0.25) is 0 Å². The van der Waals surface area contributed by atoms with E-state index < -0.39 is 0 Å². The van der Waals surface area contributed by atoms with E-state index in [1.807, 2.05) is 35.3 Å². The van der Waals surface area contributed by atoms with E-state index in [0.717, 1.165) is 5.56 Å². The molecule has 1 aromatic carbocycles. The second-order valence-corrected chi connectivity index (χ2v) is 2.95. The minimum absolute atomic E-state index is 0.147. The number of methoxy groups -OCH3 is 1. The number of nitrogens with one attached hydrogen (secondary N) is 1. The Morgan fingerprint density at radius 1 is 1.43 bits per heavy atom. The zero-order valence-electron chi connectivity index (χ0n) is 7.92. The van der Waals surface area contributed by atoms with Crippen molar-refractivity contribution in [3.63, 3.8) is 0 Å². The van der Waals surface area contributed by atoms with Gasteiger partial charge in [0.15, 0.2) is 6.23 Å². The quantitative estimate of drug-likeness (QED) is 0.789. The van der Waals surface area contributed by atoms with Gasteiger partial charge in [0.1, 0.15) is 6.67 Å². The van der Waals surface area contributed by atoms with Crippen LogP contribution < -0.4 is 5.53 Å². The molecule has 0 radical (unpaired) electrons. The average molecular weight is 192 g/mol. The van der Waals surface area contributed by atoms with Crippen LogP contribution in [-0.2, 0) is 4.74 Å². The lowest BCUT2D eigenvalue weighted by Gasteiger charge is -2.23. The van der Waals surface area contributed by atoms with Gasteiger partial charge in [0.05, 0.1) is 0 Å². The number of nitrogens with zero attached hydrogens (tertiary/aromatic N) is 3. The zero-order valence-corrected chi connectivity index (χ0v) is 7.92. The van der Waals surface area contributed by atoms with Crippen LogP contribution >= 0.6 is 0 Å². The summed E-state index contributed by atoms with van der Waals surface area (Å²) in [5, 5.41) is 9.31. The van der Waals surface area contributed by atoms with E-state index in [1.165, 1.54) is 0 Å². The molecule has 0 spiro atoms. The van der Waals surface area contributed by atoms with Crippen LogP contribution in [0.5, 0.6) is 0 Å². The molecule has 1 aromatic rings. The van der Waals surface area contributed by atoms with Crippen LogP contribution in [0.2, 0.25) is 0 Å². The van der Waals surface area contributed by atoms with E-state index in [9.17, 15) is 0 Å². The summed E-state index contributed by atoms with van der Waals surface area (Å²) in [6.07, 6.45) is -0.147. The van der Waals surface area contributed by atoms with Crippen LogP contribution in [0.25, 0.3) is 0 Å². The first-order valence-electron chi connectivity index (χ1n) is 4.38. The van der Waals surface area contributed by atoms with Crippen LogP contribution in [0.3, 0.4) is 0 Å². The molecule has 1 unspecified atom stereocenters. The third kappa shape index (κ3) is 1.73. The maximum Gasteiger partial charge on any atom is 0.156 e. The molecular formula is C9H12N4O. The lowest BCUT2D eigenvalue weighted by Crippen LogP contribution is -2.35. The Balaban J connectivity index is 2.13. The molecule has 1 N–H and O–H groups in total. The molecule has 74 valence electrons. The van der Waals surface area contributed by atoms with Crippen molar-refractivity contribution >= 4 is 0 Å². The molecule has 5 heteroatoms. The molecule has 14 heavy (non-hydrogen) atoms. The Kier molecular flexibility index (Phi) is 2.71. The van der Waals surface area contributed by atoms with Gasteiger partial charge in [-0.15, -0.1) is 5.01 Å². The highest BCUT2D eigenvalue weighted by molar-refractivity contribution is 5.17. The van der Waals surface area contributed by atoms with Gasteiger partial charge in [-0.05, 0) is 5.56 Å². The van der Waals surface area contributed by atoms with Gasteiger partial charge in [-0.1, -0.05) is 35.6 Å². The Morgan fingerprint density at radius 2 is 2.21 bits per heavy atom. The number of hydrogen-bond acceptors (Lipinski definition) is 5. The first-order valence-corrected chi connectivity index (χ1v) is 4.38. The molecule has 2 rings (SSSR count). The van der Waals surface area contributed by atoms with Crippen LogP contribution in [0.1, 0.15) is 11.8 Å². The van der Waals surface area contributed by atoms with Crippen LogP contribution in [0, 0.1) is 0 Å². The van der Waals surface area contributed by atoms with Crippen molar-refractivity contribution in [1.82, 2.24) is 10.5 Å². The molecule has 1 atom stereocenters. The number of hydrogen-bond donors (Lipinski definition) is 1. The fourth-order valence-corrected chi connectivity index (χ4v) is 1.41. The van der Waals surface area contributed by atoms with E-state index in [0.29, 0.717) is 6.67 Å². The topological polar surface area (TPSA) is 49.2 Å². The molecule has 0 aromatic heterocycles. The van der Waals surface area contributed by atoms with Crippen molar-refractivity contribution in [2.24, 2.45) is 10.3 Å². The van der Waals surface area contributed by atoms with Crippen molar-refractivity contribution in [1.29, 1.82) is 0 Å². The summed E-state index contributed by atoms with van der Waals surface area (Å²) < 4.78 is 5.36. The van der Waals surface area contributed by atoms with Gasteiger partial charge in [0.25, 0.3) is 0 Å². The normalized spacial score (nSPS) is 18.1. The molecule has 0 bridgehead atoms. The molecule has 0 aliphatic carbocycles. The molecule has 0 saturated heterocycles. The van der Waals surface area contributed by atoms with Crippen molar-refractivity contribution < 1.29 is 4.74 Å². The van der Waals surface area contributed by atoms with Gasteiger partial charge < -0.3 is 4.74 Å². The molecular weight excluding hydrogens is 180 g/mol. The highest BCUT2D eigenvalue weighted by atomic mass is 16.5. The van der Waals surface area contributed by atoms with E-state index in [2.05, 4.69) is 15.9 Å². The van der Waals surface area contributed by atoms with Gasteiger partial charge in [0, 0.05) is 7.11 Å². The van der Waals surface area contributed by atoms with E-state index >= 15 is 0 Å². The molecule has 0 saturated carbocycles. The summed E-state index contributed by atoms with van der Waals surface area (Å²) in [5.41, 5.74) is 3.85. The van der Waals surface area contributed by atoms with Gasteiger partial charge in [-0.25, -0.2) is 5.53 Å². The Morgan fingerprint density at radius 3 is 2.79 bits per heavy atom. The summed E-state index contributed by atoms with van der Waals surface area (Å²) in [4.78, 5) is 0. The first kappa shape index (κ1) is 9.11. The summed E-state index contributed by atoms with van der Waals surface area (Å²) in [7, 11) is 1.66. The lowest BCUT2D eigenvalue weighted by molar-refractivity contribution is -0.0516. The fourth-order valence-electron chi connectivity index (χ4n) is 1.41. The van der Waals surface area contributed by atoms with Crippen molar-refractivity contribution in [3.8, 4) is 0 Å². The van der Waals surface area contributed by atoms with Crippen LogP contribution in [0.15, 0.2) is 40.7 Å². The maximum atomic E-state index is 5.36. The van der Waals surface area contributed by atoms with E-state index in [4.69, 9.17) is 4.74 Å². The highest BCUT2D eigenvalue weighted by Crippen LogP contribution is 2.20. The molecule has 5 nitrogen and oxygen atoms in total. The molecule has 0 amide bonds. The predicted molar refractivity (Wildman–Crippen MR) is 50.9 cm³/mol. The van der Waals surface area contributed by atoms with Crippen LogP contribution in [0.4, 0.5) is 0 Å². The Bertz CT molecular complexity index is 306. The third-order valence-electron chi connectivity index (χ3n) is 2.05. The summed E-state index contributed by atoms with van der Waals surface area (Å²) in [5.74, 6) is 0. The largest absolute Gasteiger partial charge is 0.360 e. The first-order chi connectivity index (χ1) is 6.92. The Labute approximate surface area is 82.3 Å².